The Morgan fingerprint density at radius 2 is 0.878 bits per heavy atom. The highest BCUT2D eigenvalue weighted by Gasteiger charge is 2.16. The minimum Gasteiger partial charge on any atom is -0.479 e. The minimum atomic E-state index is -0.824. The molecule has 3 nitrogen and oxygen atoms in total. The summed E-state index contributed by atoms with van der Waals surface area (Å²) in [5.41, 5.74) is 0. The lowest BCUT2D eigenvalue weighted by molar-refractivity contribution is -0.151. The number of ether oxygens (including phenoxy) is 1. The number of carboxylic acids is 1. The molecule has 0 fully saturated rings. The monoisotopic (exact) mass is 568 g/mol. The Morgan fingerprint density at radius 1 is 0.512 bits per heavy atom. The lowest BCUT2D eigenvalue weighted by Gasteiger charge is -2.13. The van der Waals surface area contributed by atoms with Gasteiger partial charge in [0.1, 0.15) is 0 Å². The Hall–Kier alpha value is -2.13. The van der Waals surface area contributed by atoms with E-state index in [2.05, 4.69) is 86.8 Å². The van der Waals surface area contributed by atoms with E-state index >= 15 is 0 Å². The molecule has 1 N–H and O–H groups in total. The van der Waals surface area contributed by atoms with Crippen LogP contribution in [0.15, 0.2) is 72.9 Å². The Bertz CT molecular complexity index is 726. The van der Waals surface area contributed by atoms with Gasteiger partial charge in [-0.05, 0) is 89.9 Å². The number of unbranched alkanes of at least 4 members (excludes halogenated alkanes) is 12. The number of allylic oxidation sites excluding steroid dienone is 12. The van der Waals surface area contributed by atoms with Crippen LogP contribution in [0, 0.1) is 0 Å². The second-order valence-electron chi connectivity index (χ2n) is 10.9. The van der Waals surface area contributed by atoms with E-state index in [0.717, 1.165) is 77.0 Å². The van der Waals surface area contributed by atoms with Crippen LogP contribution in [0.4, 0.5) is 0 Å². The highest BCUT2D eigenvalue weighted by Crippen LogP contribution is 2.11. The summed E-state index contributed by atoms with van der Waals surface area (Å²) >= 11 is 0. The molecule has 0 aromatic carbocycles. The fourth-order valence-electron chi connectivity index (χ4n) is 4.39. The van der Waals surface area contributed by atoms with Crippen LogP contribution in [0.5, 0.6) is 0 Å². The van der Waals surface area contributed by atoms with Crippen molar-refractivity contribution in [3.05, 3.63) is 72.9 Å². The van der Waals surface area contributed by atoms with Crippen LogP contribution in [-0.2, 0) is 9.53 Å². The summed E-state index contributed by atoms with van der Waals surface area (Å²) < 4.78 is 5.69. The van der Waals surface area contributed by atoms with E-state index in [-0.39, 0.29) is 0 Å². The van der Waals surface area contributed by atoms with Crippen LogP contribution in [0.3, 0.4) is 0 Å². The number of hydrogen-bond donors (Lipinski definition) is 1. The molecule has 0 radical (unpaired) electrons. The molecule has 0 spiro atoms. The highest BCUT2D eigenvalue weighted by molar-refractivity contribution is 5.72. The molecule has 3 heteroatoms. The van der Waals surface area contributed by atoms with Gasteiger partial charge in [0.05, 0.1) is 0 Å². The summed E-state index contributed by atoms with van der Waals surface area (Å²) in [6.45, 7) is 5.02. The van der Waals surface area contributed by atoms with E-state index < -0.39 is 12.1 Å². The van der Waals surface area contributed by atoms with Crippen molar-refractivity contribution in [2.24, 2.45) is 0 Å². The second kappa shape index (κ2) is 34.1. The topological polar surface area (TPSA) is 46.5 Å². The largest absolute Gasteiger partial charge is 0.479 e. The standard InChI is InChI=1S/C38H64O3/c1-3-5-7-9-11-13-15-17-19-21-23-25-27-29-31-33-35-37(38(39)40)41-36-34-32-30-28-26-24-22-20-18-16-14-12-10-8-6-4-2/h11-14,17-20,23-26,37H,3-10,15-16,21-22,27-36H2,1-2H3,(H,39,40)/b13-11-,14-12-,19-17-,20-18-,25-23-,26-24-. The Kier molecular flexibility index (Phi) is 32.3. The molecule has 1 unspecified atom stereocenters. The maximum atomic E-state index is 11.5. The van der Waals surface area contributed by atoms with Gasteiger partial charge in [0.2, 0.25) is 0 Å². The van der Waals surface area contributed by atoms with Gasteiger partial charge in [0.25, 0.3) is 0 Å². The van der Waals surface area contributed by atoms with Crippen LogP contribution in [0.2, 0.25) is 0 Å². The van der Waals surface area contributed by atoms with Crippen molar-refractivity contribution in [1.82, 2.24) is 0 Å². The van der Waals surface area contributed by atoms with Crippen LogP contribution < -0.4 is 0 Å². The van der Waals surface area contributed by atoms with E-state index in [9.17, 15) is 9.90 Å². The van der Waals surface area contributed by atoms with Gasteiger partial charge in [-0.1, -0.05) is 132 Å². The SMILES string of the molecule is CCCCC/C=C\C/C=C\C/C=C\CCCCCOC(CCCCC/C=C\C/C=C\C/C=C\CCCCC)C(=O)O. The number of carboxylic acid groups (broad SMARTS) is 1. The van der Waals surface area contributed by atoms with Gasteiger partial charge in [-0.15, -0.1) is 0 Å². The maximum absolute atomic E-state index is 11.5. The fourth-order valence-corrected chi connectivity index (χ4v) is 4.39. The van der Waals surface area contributed by atoms with Gasteiger partial charge in [-0.25, -0.2) is 4.79 Å². The third-order valence-electron chi connectivity index (χ3n) is 6.98. The van der Waals surface area contributed by atoms with Crippen molar-refractivity contribution in [1.29, 1.82) is 0 Å². The summed E-state index contributed by atoms with van der Waals surface area (Å²) in [6.07, 6.45) is 49.6. The van der Waals surface area contributed by atoms with E-state index in [0.29, 0.717) is 13.0 Å². The lowest BCUT2D eigenvalue weighted by atomic mass is 10.1. The molecule has 41 heavy (non-hydrogen) atoms. The van der Waals surface area contributed by atoms with Crippen molar-refractivity contribution >= 4 is 5.97 Å². The maximum Gasteiger partial charge on any atom is 0.332 e. The van der Waals surface area contributed by atoms with Crippen LogP contribution in [0.25, 0.3) is 0 Å². The van der Waals surface area contributed by atoms with Crippen molar-refractivity contribution in [2.75, 3.05) is 6.61 Å². The van der Waals surface area contributed by atoms with Gasteiger partial charge in [0, 0.05) is 6.61 Å². The first-order chi connectivity index (χ1) is 20.2. The summed E-state index contributed by atoms with van der Waals surface area (Å²) in [5.74, 6) is -0.824. The number of rotatable bonds is 30. The smallest absolute Gasteiger partial charge is 0.332 e. The summed E-state index contributed by atoms with van der Waals surface area (Å²) in [5, 5.41) is 9.47. The Morgan fingerprint density at radius 3 is 1.27 bits per heavy atom. The summed E-state index contributed by atoms with van der Waals surface area (Å²) in [6, 6.07) is 0. The van der Waals surface area contributed by atoms with Gasteiger partial charge < -0.3 is 9.84 Å². The van der Waals surface area contributed by atoms with Crippen LogP contribution in [-0.4, -0.2) is 23.8 Å². The number of carbonyl (C=O) groups is 1. The minimum absolute atomic E-state index is 0.542. The zero-order chi connectivity index (χ0) is 29.9. The molecular formula is C38H64O3. The lowest BCUT2D eigenvalue weighted by Crippen LogP contribution is -2.24. The molecule has 0 saturated heterocycles. The molecule has 0 bridgehead atoms. The van der Waals surface area contributed by atoms with Crippen molar-refractivity contribution < 1.29 is 14.6 Å². The van der Waals surface area contributed by atoms with Gasteiger partial charge in [-0.2, -0.15) is 0 Å². The fraction of sp³-hybridized carbons (Fsp3) is 0.658. The van der Waals surface area contributed by atoms with Crippen molar-refractivity contribution in [3.63, 3.8) is 0 Å². The van der Waals surface area contributed by atoms with Gasteiger partial charge in [-0.3, -0.25) is 0 Å². The average molecular weight is 569 g/mol. The molecule has 1 atom stereocenters. The highest BCUT2D eigenvalue weighted by atomic mass is 16.5. The number of aliphatic carboxylic acids is 1. The second-order valence-corrected chi connectivity index (χ2v) is 10.9. The quantitative estimate of drug-likeness (QED) is 0.0692. The molecule has 0 aromatic rings. The molecule has 0 aliphatic carbocycles. The zero-order valence-corrected chi connectivity index (χ0v) is 26.8. The Labute approximate surface area is 254 Å². The zero-order valence-electron chi connectivity index (χ0n) is 26.8. The first-order valence-electron chi connectivity index (χ1n) is 17.0. The van der Waals surface area contributed by atoms with Gasteiger partial charge >= 0.3 is 5.97 Å². The summed E-state index contributed by atoms with van der Waals surface area (Å²) in [4.78, 5) is 11.5. The predicted octanol–water partition coefficient (Wildman–Crippen LogP) is 12.0. The van der Waals surface area contributed by atoms with Crippen molar-refractivity contribution in [3.8, 4) is 0 Å². The first kappa shape index (κ1) is 38.9. The third kappa shape index (κ3) is 32.2. The molecule has 0 heterocycles. The van der Waals surface area contributed by atoms with E-state index in [1.54, 1.807) is 0 Å². The Balaban J connectivity index is 3.65. The third-order valence-corrected chi connectivity index (χ3v) is 6.98. The molecule has 0 aromatic heterocycles. The molecule has 234 valence electrons. The molecular weight excluding hydrogens is 504 g/mol. The molecule has 0 amide bonds. The number of hydrogen-bond acceptors (Lipinski definition) is 2. The van der Waals surface area contributed by atoms with Crippen LogP contribution >= 0.6 is 0 Å². The summed E-state index contributed by atoms with van der Waals surface area (Å²) in [7, 11) is 0. The van der Waals surface area contributed by atoms with Crippen LogP contribution in [0.1, 0.15) is 149 Å². The normalized spacial score (nSPS) is 13.4. The molecule has 0 aliphatic heterocycles. The van der Waals surface area contributed by atoms with E-state index in [1.807, 2.05) is 0 Å². The van der Waals surface area contributed by atoms with Crippen molar-refractivity contribution in [2.45, 2.75) is 155 Å². The molecule has 0 saturated carbocycles. The van der Waals surface area contributed by atoms with E-state index in [1.165, 1.54) is 51.4 Å². The average Bonchev–Trinajstić information content (AvgIpc) is 2.97. The van der Waals surface area contributed by atoms with Gasteiger partial charge in [0.15, 0.2) is 6.10 Å². The van der Waals surface area contributed by atoms with E-state index in [4.69, 9.17) is 4.74 Å². The molecule has 0 rings (SSSR count). The molecule has 0 aliphatic rings. The first-order valence-corrected chi connectivity index (χ1v) is 17.0. The predicted molar refractivity (Wildman–Crippen MR) is 181 cm³/mol.